The summed E-state index contributed by atoms with van der Waals surface area (Å²) in [5.41, 5.74) is 1.13. The highest BCUT2D eigenvalue weighted by atomic mass is 16.5. The molecular weight excluding hydrogens is 356 g/mol. The zero-order valence-corrected chi connectivity index (χ0v) is 16.5. The number of aromatic nitrogens is 2. The van der Waals surface area contributed by atoms with E-state index in [0.29, 0.717) is 18.2 Å². The maximum Gasteiger partial charge on any atom is 0.228 e. The van der Waals surface area contributed by atoms with Gasteiger partial charge in [-0.15, -0.1) is 10.2 Å². The molecule has 1 heterocycles. The third-order valence-corrected chi connectivity index (χ3v) is 5.06. The third-order valence-electron chi connectivity index (χ3n) is 5.06. The summed E-state index contributed by atoms with van der Waals surface area (Å²) in [6, 6.07) is 9.50. The topological polar surface area (TPSA) is 85.4 Å². The molecule has 1 aromatic heterocycles. The summed E-state index contributed by atoms with van der Waals surface area (Å²) < 4.78 is 10.6. The number of amides is 1. The molecule has 28 heavy (non-hydrogen) atoms. The molecule has 0 bridgehead atoms. The van der Waals surface area contributed by atoms with Crippen molar-refractivity contribution < 1.29 is 14.3 Å². The van der Waals surface area contributed by atoms with E-state index in [4.69, 9.17) is 9.47 Å². The van der Waals surface area contributed by atoms with Crippen molar-refractivity contribution in [1.82, 2.24) is 10.2 Å². The van der Waals surface area contributed by atoms with Gasteiger partial charge in [-0.1, -0.05) is 25.3 Å². The first-order chi connectivity index (χ1) is 13.7. The van der Waals surface area contributed by atoms with Crippen LogP contribution in [0.4, 0.5) is 11.6 Å². The standard InChI is InChI=1S/C21H28N4O3/c1-27-17-9-8-15(14-18(17)28-2)12-13-22-19-10-11-20(25-24-19)23-21(26)16-6-4-3-5-7-16/h8-11,14,16H,3-7,12-13H2,1-2H3,(H,22,24)(H,23,25,26). The Bertz CT molecular complexity index is 774. The number of methoxy groups -OCH3 is 2. The van der Waals surface area contributed by atoms with Crippen LogP contribution in [-0.2, 0) is 11.2 Å². The van der Waals surface area contributed by atoms with E-state index in [1.54, 1.807) is 20.3 Å². The minimum absolute atomic E-state index is 0.0585. The molecule has 7 heteroatoms. The second-order valence-corrected chi connectivity index (χ2v) is 6.99. The van der Waals surface area contributed by atoms with Crippen molar-refractivity contribution in [1.29, 1.82) is 0 Å². The quantitative estimate of drug-likeness (QED) is 0.722. The molecule has 0 unspecified atom stereocenters. The van der Waals surface area contributed by atoms with Gasteiger partial charge in [-0.3, -0.25) is 4.79 Å². The number of carbonyl (C=O) groups is 1. The summed E-state index contributed by atoms with van der Waals surface area (Å²) in [5.74, 6) is 2.78. The van der Waals surface area contributed by atoms with Gasteiger partial charge in [-0.05, 0) is 49.1 Å². The van der Waals surface area contributed by atoms with Crippen LogP contribution in [0.2, 0.25) is 0 Å². The number of nitrogens with one attached hydrogen (secondary N) is 2. The second-order valence-electron chi connectivity index (χ2n) is 6.99. The lowest BCUT2D eigenvalue weighted by molar-refractivity contribution is -0.120. The monoisotopic (exact) mass is 384 g/mol. The maximum absolute atomic E-state index is 12.3. The van der Waals surface area contributed by atoms with Gasteiger partial charge in [0.25, 0.3) is 0 Å². The SMILES string of the molecule is COc1ccc(CCNc2ccc(NC(=O)C3CCCCC3)nn2)cc1OC. The highest BCUT2D eigenvalue weighted by Gasteiger charge is 2.21. The molecule has 1 aliphatic rings. The Kier molecular flexibility index (Phi) is 7.06. The normalized spacial score (nSPS) is 14.4. The van der Waals surface area contributed by atoms with Gasteiger partial charge in [-0.25, -0.2) is 0 Å². The number of anilines is 2. The van der Waals surface area contributed by atoms with Crippen LogP contribution in [0.3, 0.4) is 0 Å². The van der Waals surface area contributed by atoms with Crippen molar-refractivity contribution in [3.8, 4) is 11.5 Å². The number of hydrogen-bond acceptors (Lipinski definition) is 6. The number of carbonyl (C=O) groups excluding carboxylic acids is 1. The van der Waals surface area contributed by atoms with Gasteiger partial charge in [0.15, 0.2) is 17.3 Å². The highest BCUT2D eigenvalue weighted by molar-refractivity contribution is 5.91. The van der Waals surface area contributed by atoms with Crippen LogP contribution in [0.1, 0.15) is 37.7 Å². The number of hydrogen-bond donors (Lipinski definition) is 2. The molecule has 2 aromatic rings. The number of benzene rings is 1. The van der Waals surface area contributed by atoms with Crippen LogP contribution in [0.25, 0.3) is 0 Å². The molecule has 0 saturated heterocycles. The molecule has 0 radical (unpaired) electrons. The van der Waals surface area contributed by atoms with Crippen LogP contribution in [-0.4, -0.2) is 36.9 Å². The number of rotatable bonds is 8. The molecule has 150 valence electrons. The van der Waals surface area contributed by atoms with Crippen molar-refractivity contribution >= 4 is 17.5 Å². The summed E-state index contributed by atoms with van der Waals surface area (Å²) in [7, 11) is 3.25. The van der Waals surface area contributed by atoms with Gasteiger partial charge in [0.2, 0.25) is 5.91 Å². The maximum atomic E-state index is 12.3. The molecule has 2 N–H and O–H groups in total. The minimum atomic E-state index is 0.0585. The Balaban J connectivity index is 1.47. The van der Waals surface area contributed by atoms with Gasteiger partial charge >= 0.3 is 0 Å². The van der Waals surface area contributed by atoms with E-state index < -0.39 is 0 Å². The van der Waals surface area contributed by atoms with Gasteiger partial charge in [0.05, 0.1) is 14.2 Å². The van der Waals surface area contributed by atoms with E-state index in [2.05, 4.69) is 20.8 Å². The Hall–Kier alpha value is -2.83. The molecule has 1 fully saturated rings. The average Bonchev–Trinajstić information content (AvgIpc) is 2.75. The first-order valence-corrected chi connectivity index (χ1v) is 9.79. The van der Waals surface area contributed by atoms with E-state index >= 15 is 0 Å². The molecule has 0 atom stereocenters. The van der Waals surface area contributed by atoms with E-state index in [9.17, 15) is 4.79 Å². The van der Waals surface area contributed by atoms with Crippen molar-refractivity contribution in [3.63, 3.8) is 0 Å². The van der Waals surface area contributed by atoms with Gasteiger partial charge in [0, 0.05) is 12.5 Å². The van der Waals surface area contributed by atoms with Crippen molar-refractivity contribution in [2.75, 3.05) is 31.4 Å². The first kappa shape index (κ1) is 19.9. The smallest absolute Gasteiger partial charge is 0.228 e. The lowest BCUT2D eigenvalue weighted by atomic mass is 9.89. The molecule has 1 amide bonds. The van der Waals surface area contributed by atoms with Crippen molar-refractivity contribution in [2.45, 2.75) is 38.5 Å². The average molecular weight is 384 g/mol. The fraction of sp³-hybridized carbons (Fsp3) is 0.476. The molecule has 1 aromatic carbocycles. The zero-order chi connectivity index (χ0) is 19.8. The van der Waals surface area contributed by atoms with Crippen molar-refractivity contribution in [2.24, 2.45) is 5.92 Å². The fourth-order valence-corrected chi connectivity index (χ4v) is 3.46. The summed E-state index contributed by atoms with van der Waals surface area (Å²) in [5, 5.41) is 14.4. The Morgan fingerprint density at radius 1 is 1.00 bits per heavy atom. The summed E-state index contributed by atoms with van der Waals surface area (Å²) >= 11 is 0. The molecular formula is C21H28N4O3. The highest BCUT2D eigenvalue weighted by Crippen LogP contribution is 2.27. The molecule has 1 aliphatic carbocycles. The Labute approximate surface area is 165 Å². The third kappa shape index (κ3) is 5.34. The fourth-order valence-electron chi connectivity index (χ4n) is 3.46. The molecule has 1 saturated carbocycles. The van der Waals surface area contributed by atoms with E-state index in [-0.39, 0.29) is 11.8 Å². The van der Waals surface area contributed by atoms with Crippen LogP contribution in [0.5, 0.6) is 11.5 Å². The minimum Gasteiger partial charge on any atom is -0.493 e. The Morgan fingerprint density at radius 2 is 1.71 bits per heavy atom. The van der Waals surface area contributed by atoms with Crippen LogP contribution in [0, 0.1) is 5.92 Å². The van der Waals surface area contributed by atoms with E-state index in [1.165, 1.54) is 6.42 Å². The summed E-state index contributed by atoms with van der Waals surface area (Å²) in [6.07, 6.45) is 6.24. The molecule has 0 aliphatic heterocycles. The van der Waals surface area contributed by atoms with E-state index in [1.807, 2.05) is 24.3 Å². The number of ether oxygens (including phenoxy) is 2. The first-order valence-electron chi connectivity index (χ1n) is 9.79. The van der Waals surface area contributed by atoms with Crippen LogP contribution in [0.15, 0.2) is 30.3 Å². The van der Waals surface area contributed by atoms with Crippen LogP contribution < -0.4 is 20.1 Å². The zero-order valence-electron chi connectivity index (χ0n) is 16.5. The largest absolute Gasteiger partial charge is 0.493 e. The lowest BCUT2D eigenvalue weighted by Gasteiger charge is -2.20. The molecule has 0 spiro atoms. The van der Waals surface area contributed by atoms with Crippen molar-refractivity contribution in [3.05, 3.63) is 35.9 Å². The molecule has 3 rings (SSSR count). The van der Waals surface area contributed by atoms with Crippen LogP contribution >= 0.6 is 0 Å². The second kappa shape index (κ2) is 9.92. The van der Waals surface area contributed by atoms with E-state index in [0.717, 1.165) is 49.2 Å². The lowest BCUT2D eigenvalue weighted by Crippen LogP contribution is -2.25. The van der Waals surface area contributed by atoms with Gasteiger partial charge in [0.1, 0.15) is 5.82 Å². The predicted octanol–water partition coefficient (Wildman–Crippen LogP) is 3.67. The van der Waals surface area contributed by atoms with Gasteiger partial charge in [-0.2, -0.15) is 0 Å². The Morgan fingerprint density at radius 3 is 2.39 bits per heavy atom. The number of nitrogens with zero attached hydrogens (tertiary/aromatic N) is 2. The molecule has 7 nitrogen and oxygen atoms in total. The summed E-state index contributed by atoms with van der Waals surface area (Å²) in [6.45, 7) is 0.706. The summed E-state index contributed by atoms with van der Waals surface area (Å²) in [4.78, 5) is 12.3. The van der Waals surface area contributed by atoms with Gasteiger partial charge < -0.3 is 20.1 Å². The predicted molar refractivity (Wildman–Crippen MR) is 109 cm³/mol.